The highest BCUT2D eigenvalue weighted by atomic mass is 31.2. The minimum absolute atomic E-state index is 0.105. The predicted molar refractivity (Wildman–Crippen MR) is 326 cm³/mol. The number of aliphatic hydroxyl groups is 1. The number of unbranched alkanes of at least 4 members (excludes halogenated alkanes) is 31. The number of carbonyl (C=O) groups excluding carboxylic acids is 4. The third kappa shape index (κ3) is 55.9. The molecule has 0 amide bonds. The summed E-state index contributed by atoms with van der Waals surface area (Å²) in [7, 11) is -9.88. The van der Waals surface area contributed by atoms with Crippen LogP contribution in [0.4, 0.5) is 0 Å². The van der Waals surface area contributed by atoms with Crippen LogP contribution in [-0.4, -0.2) is 96.7 Å². The Labute approximate surface area is 498 Å². The molecule has 0 saturated heterocycles. The molecule has 19 heteroatoms. The Morgan fingerprint density at radius 1 is 0.354 bits per heavy atom. The molecule has 0 aliphatic rings. The van der Waals surface area contributed by atoms with Gasteiger partial charge in [0, 0.05) is 25.7 Å². The van der Waals surface area contributed by atoms with Crippen molar-refractivity contribution in [1.29, 1.82) is 0 Å². The molecule has 0 aromatic rings. The maximum Gasteiger partial charge on any atom is 0.472 e. The van der Waals surface area contributed by atoms with E-state index in [1.807, 2.05) is 0 Å². The van der Waals surface area contributed by atoms with Gasteiger partial charge in [0.2, 0.25) is 0 Å². The number of esters is 4. The van der Waals surface area contributed by atoms with Crippen molar-refractivity contribution in [2.24, 2.45) is 11.8 Å². The monoisotopic (exact) mass is 1210 g/mol. The fourth-order valence-electron chi connectivity index (χ4n) is 9.32. The highest BCUT2D eigenvalue weighted by Gasteiger charge is 2.30. The molecule has 17 nitrogen and oxygen atoms in total. The van der Waals surface area contributed by atoms with E-state index >= 15 is 0 Å². The Kier molecular flexibility index (Phi) is 54.3. The van der Waals surface area contributed by atoms with E-state index in [0.717, 1.165) is 109 Å². The summed E-state index contributed by atoms with van der Waals surface area (Å²) in [6, 6.07) is 0. The fourth-order valence-corrected chi connectivity index (χ4v) is 10.9. The van der Waals surface area contributed by atoms with Gasteiger partial charge in [0.25, 0.3) is 0 Å². The first-order chi connectivity index (χ1) is 39.4. The van der Waals surface area contributed by atoms with E-state index < -0.39 is 97.5 Å². The summed E-state index contributed by atoms with van der Waals surface area (Å²) in [4.78, 5) is 72.1. The summed E-state index contributed by atoms with van der Waals surface area (Å²) in [5, 5.41) is 10.5. The second kappa shape index (κ2) is 55.6. The Morgan fingerprint density at radius 3 is 0.927 bits per heavy atom. The van der Waals surface area contributed by atoms with Crippen molar-refractivity contribution < 1.29 is 80.2 Å². The molecule has 3 unspecified atom stereocenters. The highest BCUT2D eigenvalue weighted by Crippen LogP contribution is 2.45. The molecule has 0 fully saturated rings. The number of carbonyl (C=O) groups is 4. The van der Waals surface area contributed by atoms with Crippen LogP contribution >= 0.6 is 15.6 Å². The third-order valence-electron chi connectivity index (χ3n) is 14.8. The average molecular weight is 1210 g/mol. The van der Waals surface area contributed by atoms with Gasteiger partial charge in [0.15, 0.2) is 12.2 Å². The van der Waals surface area contributed by atoms with E-state index in [2.05, 4.69) is 41.5 Å². The maximum atomic E-state index is 13.0. The van der Waals surface area contributed by atoms with E-state index in [4.69, 9.17) is 37.0 Å². The van der Waals surface area contributed by atoms with E-state index in [1.54, 1.807) is 0 Å². The van der Waals surface area contributed by atoms with Gasteiger partial charge in [-0.15, -0.1) is 0 Å². The fraction of sp³-hybridized carbons (Fsp3) is 0.937. The molecule has 0 heterocycles. The quantitative estimate of drug-likeness (QED) is 0.0222. The summed E-state index contributed by atoms with van der Waals surface area (Å²) >= 11 is 0. The van der Waals surface area contributed by atoms with Crippen molar-refractivity contribution in [2.45, 2.75) is 330 Å². The van der Waals surface area contributed by atoms with Crippen LogP contribution in [0, 0.1) is 11.8 Å². The number of phosphoric ester groups is 2. The molecule has 0 saturated carbocycles. The standard InChI is InChI=1S/C63H122O17P2/c1-7-10-12-14-16-18-22-28-35-41-47-62(67)79-58(51-73-60(65)45-39-33-27-17-15-13-11-8-2)53-77-81(69,70)75-49-57(64)50-76-82(71,72)78-54-59(52-74-61(66)46-40-34-30-24-25-31-37-43-55(4)5)80-63(68)48-42-36-29-23-20-19-21-26-32-38-44-56(6)9-3/h55-59,64H,7-54H2,1-6H3,(H,69,70)(H,71,72)/t56?,57-,58+,59+/m0/s1. The lowest BCUT2D eigenvalue weighted by Gasteiger charge is -2.21. The van der Waals surface area contributed by atoms with E-state index in [0.29, 0.717) is 31.6 Å². The Hall–Kier alpha value is -1.94. The first-order valence-corrected chi connectivity index (χ1v) is 36.0. The van der Waals surface area contributed by atoms with Gasteiger partial charge in [-0.25, -0.2) is 9.13 Å². The lowest BCUT2D eigenvalue weighted by molar-refractivity contribution is -0.161. The molecule has 0 rings (SSSR count). The van der Waals surface area contributed by atoms with Crippen LogP contribution in [0.5, 0.6) is 0 Å². The summed E-state index contributed by atoms with van der Waals surface area (Å²) in [5.41, 5.74) is 0. The zero-order chi connectivity index (χ0) is 60.8. The van der Waals surface area contributed by atoms with Crippen LogP contribution in [0.15, 0.2) is 0 Å². The van der Waals surface area contributed by atoms with Gasteiger partial charge in [0.05, 0.1) is 26.4 Å². The van der Waals surface area contributed by atoms with Gasteiger partial charge >= 0.3 is 39.5 Å². The third-order valence-corrected chi connectivity index (χ3v) is 16.7. The molecule has 82 heavy (non-hydrogen) atoms. The topological polar surface area (TPSA) is 237 Å². The zero-order valence-electron chi connectivity index (χ0n) is 52.8. The van der Waals surface area contributed by atoms with Crippen molar-refractivity contribution in [3.63, 3.8) is 0 Å². The van der Waals surface area contributed by atoms with Crippen molar-refractivity contribution >= 4 is 39.5 Å². The molecule has 0 aliphatic carbocycles. The maximum absolute atomic E-state index is 13.0. The molecule has 0 aliphatic heterocycles. The number of hydrogen-bond donors (Lipinski definition) is 3. The zero-order valence-corrected chi connectivity index (χ0v) is 54.6. The number of rotatable bonds is 62. The van der Waals surface area contributed by atoms with Crippen LogP contribution in [0.1, 0.15) is 311 Å². The number of ether oxygens (including phenoxy) is 4. The molecule has 0 radical (unpaired) electrons. The summed E-state index contributed by atoms with van der Waals surface area (Å²) in [5.74, 6) is -0.630. The molecule has 3 N–H and O–H groups in total. The number of aliphatic hydroxyl groups excluding tert-OH is 1. The molecule has 0 spiro atoms. The molecular formula is C63H122O17P2. The van der Waals surface area contributed by atoms with Crippen LogP contribution in [-0.2, 0) is 65.4 Å². The first kappa shape index (κ1) is 80.1. The summed E-state index contributed by atoms with van der Waals surface area (Å²) in [6.45, 7) is 9.42. The summed E-state index contributed by atoms with van der Waals surface area (Å²) < 4.78 is 67.9. The van der Waals surface area contributed by atoms with Gasteiger partial charge < -0.3 is 33.8 Å². The molecule has 0 aromatic carbocycles. The lowest BCUT2D eigenvalue weighted by Crippen LogP contribution is -2.30. The number of hydrogen-bond acceptors (Lipinski definition) is 15. The molecule has 486 valence electrons. The van der Waals surface area contributed by atoms with E-state index in [1.165, 1.54) is 116 Å². The van der Waals surface area contributed by atoms with Crippen molar-refractivity contribution in [3.8, 4) is 0 Å². The predicted octanol–water partition coefficient (Wildman–Crippen LogP) is 17.3. The van der Waals surface area contributed by atoms with Crippen LogP contribution in [0.25, 0.3) is 0 Å². The van der Waals surface area contributed by atoms with Crippen LogP contribution in [0.3, 0.4) is 0 Å². The van der Waals surface area contributed by atoms with Crippen molar-refractivity contribution in [1.82, 2.24) is 0 Å². The normalized spacial score (nSPS) is 14.7. The Morgan fingerprint density at radius 2 is 0.622 bits per heavy atom. The Balaban J connectivity index is 5.23. The second-order valence-electron chi connectivity index (χ2n) is 23.5. The smallest absolute Gasteiger partial charge is 0.462 e. The van der Waals surface area contributed by atoms with Gasteiger partial charge in [-0.2, -0.15) is 0 Å². The Bertz CT molecular complexity index is 1620. The molecule has 0 aromatic heterocycles. The SMILES string of the molecule is CCCCCCCCCCCCC(=O)O[C@H](COC(=O)CCCCCCCCCC)COP(=O)(O)OC[C@H](O)COP(=O)(O)OC[C@@H](COC(=O)CCCCCCCCCC(C)C)OC(=O)CCCCCCCCCCCCC(C)CC. The van der Waals surface area contributed by atoms with Crippen LogP contribution in [0.2, 0.25) is 0 Å². The van der Waals surface area contributed by atoms with Gasteiger partial charge in [-0.1, -0.05) is 260 Å². The van der Waals surface area contributed by atoms with Gasteiger partial charge in [-0.05, 0) is 37.5 Å². The molecule has 6 atom stereocenters. The minimum atomic E-state index is -4.94. The van der Waals surface area contributed by atoms with Crippen molar-refractivity contribution in [3.05, 3.63) is 0 Å². The number of phosphoric acid groups is 2. The van der Waals surface area contributed by atoms with Crippen molar-refractivity contribution in [2.75, 3.05) is 39.6 Å². The first-order valence-electron chi connectivity index (χ1n) is 33.0. The highest BCUT2D eigenvalue weighted by molar-refractivity contribution is 7.47. The largest absolute Gasteiger partial charge is 0.472 e. The minimum Gasteiger partial charge on any atom is -0.462 e. The average Bonchev–Trinajstić information content (AvgIpc) is 3.47. The van der Waals surface area contributed by atoms with Gasteiger partial charge in [-0.3, -0.25) is 37.3 Å². The molecular weight excluding hydrogens is 1090 g/mol. The van der Waals surface area contributed by atoms with Crippen LogP contribution < -0.4 is 0 Å². The van der Waals surface area contributed by atoms with E-state index in [9.17, 15) is 43.2 Å². The van der Waals surface area contributed by atoms with Gasteiger partial charge in [0.1, 0.15) is 19.3 Å². The lowest BCUT2D eigenvalue weighted by atomic mass is 9.99. The molecule has 0 bridgehead atoms. The van der Waals surface area contributed by atoms with E-state index in [-0.39, 0.29) is 25.7 Å². The second-order valence-corrected chi connectivity index (χ2v) is 26.4. The summed E-state index contributed by atoms with van der Waals surface area (Å²) in [6.07, 6.45) is 37.6.